The highest BCUT2D eigenvalue weighted by molar-refractivity contribution is 5.82. The molecule has 0 aromatic carbocycles. The summed E-state index contributed by atoms with van der Waals surface area (Å²) in [5.74, 6) is -3.29. The summed E-state index contributed by atoms with van der Waals surface area (Å²) < 4.78 is 13.1. The molecule has 6 heteroatoms. The van der Waals surface area contributed by atoms with E-state index >= 15 is 0 Å². The number of carbonyl (C=O) groups is 1. The lowest BCUT2D eigenvalue weighted by molar-refractivity contribution is 0.0682. The standard InChI is InChI=1S/C8H9FN2O3/c1-3(2)5-4(9)7(12)11-6(10-5)8(13)14/h3H,1-2H3,(H,13,14)(H,10,11,12). The van der Waals surface area contributed by atoms with Crippen molar-refractivity contribution in [3.05, 3.63) is 27.7 Å². The van der Waals surface area contributed by atoms with Crippen LogP contribution in [0, 0.1) is 5.82 Å². The summed E-state index contributed by atoms with van der Waals surface area (Å²) in [4.78, 5) is 26.8. The summed E-state index contributed by atoms with van der Waals surface area (Å²) in [7, 11) is 0. The predicted molar refractivity (Wildman–Crippen MR) is 45.9 cm³/mol. The van der Waals surface area contributed by atoms with Crippen LogP contribution >= 0.6 is 0 Å². The van der Waals surface area contributed by atoms with Crippen molar-refractivity contribution in [2.45, 2.75) is 19.8 Å². The molecule has 1 aromatic heterocycles. The maximum absolute atomic E-state index is 13.1. The number of carboxylic acids is 1. The molecular weight excluding hydrogens is 191 g/mol. The first-order valence-corrected chi connectivity index (χ1v) is 3.96. The van der Waals surface area contributed by atoms with Gasteiger partial charge in [0.15, 0.2) is 0 Å². The zero-order valence-corrected chi connectivity index (χ0v) is 7.67. The van der Waals surface area contributed by atoms with Crippen LogP contribution < -0.4 is 5.56 Å². The molecule has 0 aliphatic rings. The van der Waals surface area contributed by atoms with E-state index in [2.05, 4.69) is 4.98 Å². The summed E-state index contributed by atoms with van der Waals surface area (Å²) in [5.41, 5.74) is -1.19. The summed E-state index contributed by atoms with van der Waals surface area (Å²) in [5, 5.41) is 8.55. The average Bonchev–Trinajstić information content (AvgIpc) is 2.08. The molecule has 0 spiro atoms. The van der Waals surface area contributed by atoms with E-state index in [4.69, 9.17) is 5.11 Å². The van der Waals surface area contributed by atoms with Gasteiger partial charge in [-0.1, -0.05) is 13.8 Å². The molecule has 1 aromatic rings. The molecule has 76 valence electrons. The average molecular weight is 200 g/mol. The quantitative estimate of drug-likeness (QED) is 0.737. The largest absolute Gasteiger partial charge is 0.475 e. The van der Waals surface area contributed by atoms with Gasteiger partial charge in [-0.3, -0.25) is 9.78 Å². The molecule has 0 saturated heterocycles. The minimum atomic E-state index is -1.39. The molecule has 0 aliphatic heterocycles. The van der Waals surface area contributed by atoms with Crippen molar-refractivity contribution in [2.24, 2.45) is 0 Å². The highest BCUT2D eigenvalue weighted by atomic mass is 19.1. The first kappa shape index (κ1) is 10.4. The molecule has 0 aliphatic carbocycles. The van der Waals surface area contributed by atoms with Crippen molar-refractivity contribution in [1.82, 2.24) is 9.97 Å². The van der Waals surface area contributed by atoms with Crippen molar-refractivity contribution >= 4 is 5.97 Å². The van der Waals surface area contributed by atoms with Crippen LogP contribution in [0.15, 0.2) is 4.79 Å². The molecule has 2 N–H and O–H groups in total. The SMILES string of the molecule is CC(C)c1nc(C(=O)O)[nH]c(=O)c1F. The maximum atomic E-state index is 13.1. The Labute approximate surface area is 78.6 Å². The van der Waals surface area contributed by atoms with Crippen molar-refractivity contribution in [2.75, 3.05) is 0 Å². The smallest absolute Gasteiger partial charge is 0.372 e. The van der Waals surface area contributed by atoms with E-state index in [0.717, 1.165) is 0 Å². The lowest BCUT2D eigenvalue weighted by atomic mass is 10.1. The van der Waals surface area contributed by atoms with Crippen molar-refractivity contribution < 1.29 is 14.3 Å². The van der Waals surface area contributed by atoms with Gasteiger partial charge >= 0.3 is 5.97 Å². The van der Waals surface area contributed by atoms with Crippen LogP contribution in [0.4, 0.5) is 4.39 Å². The monoisotopic (exact) mass is 200 g/mol. The highest BCUT2D eigenvalue weighted by Crippen LogP contribution is 2.12. The van der Waals surface area contributed by atoms with E-state index in [1.54, 1.807) is 13.8 Å². The molecule has 0 radical (unpaired) electrons. The van der Waals surface area contributed by atoms with Crippen molar-refractivity contribution in [3.8, 4) is 0 Å². The number of nitrogens with one attached hydrogen (secondary N) is 1. The summed E-state index contributed by atoms with van der Waals surface area (Å²) in [6, 6.07) is 0. The second-order valence-electron chi connectivity index (χ2n) is 3.07. The third-order valence-corrected chi connectivity index (χ3v) is 1.64. The Balaban J connectivity index is 3.43. The number of rotatable bonds is 2. The van der Waals surface area contributed by atoms with Gasteiger partial charge in [-0.15, -0.1) is 0 Å². The van der Waals surface area contributed by atoms with E-state index in [-0.39, 0.29) is 11.6 Å². The van der Waals surface area contributed by atoms with Gasteiger partial charge in [0, 0.05) is 0 Å². The Hall–Kier alpha value is -1.72. The Morgan fingerprint density at radius 3 is 2.57 bits per heavy atom. The van der Waals surface area contributed by atoms with E-state index in [0.29, 0.717) is 0 Å². The van der Waals surface area contributed by atoms with E-state index in [1.165, 1.54) is 0 Å². The van der Waals surface area contributed by atoms with E-state index < -0.39 is 23.2 Å². The number of hydrogen-bond donors (Lipinski definition) is 2. The van der Waals surface area contributed by atoms with Crippen LogP contribution in [-0.4, -0.2) is 21.0 Å². The molecule has 0 bridgehead atoms. The van der Waals surface area contributed by atoms with Gasteiger partial charge < -0.3 is 5.11 Å². The van der Waals surface area contributed by atoms with Gasteiger partial charge in [0.05, 0.1) is 5.69 Å². The molecule has 0 fully saturated rings. The number of hydrogen-bond acceptors (Lipinski definition) is 3. The van der Waals surface area contributed by atoms with Gasteiger partial charge in [0.25, 0.3) is 5.56 Å². The van der Waals surface area contributed by atoms with Crippen molar-refractivity contribution in [3.63, 3.8) is 0 Å². The highest BCUT2D eigenvalue weighted by Gasteiger charge is 2.16. The third kappa shape index (κ3) is 1.78. The number of halogens is 1. The second kappa shape index (κ2) is 3.57. The first-order chi connectivity index (χ1) is 6.43. The zero-order valence-electron chi connectivity index (χ0n) is 7.67. The maximum Gasteiger partial charge on any atom is 0.372 e. The Morgan fingerprint density at radius 1 is 1.57 bits per heavy atom. The summed E-state index contributed by atoms with van der Waals surface area (Å²) in [6.07, 6.45) is 0. The van der Waals surface area contributed by atoms with E-state index in [1.807, 2.05) is 4.98 Å². The fourth-order valence-corrected chi connectivity index (χ4v) is 0.960. The topological polar surface area (TPSA) is 83.0 Å². The van der Waals surface area contributed by atoms with Crippen molar-refractivity contribution in [1.29, 1.82) is 0 Å². The second-order valence-corrected chi connectivity index (χ2v) is 3.07. The van der Waals surface area contributed by atoms with Crippen LogP contribution in [-0.2, 0) is 0 Å². The van der Waals surface area contributed by atoms with Gasteiger partial charge in [0.1, 0.15) is 0 Å². The van der Waals surface area contributed by atoms with Gasteiger partial charge in [-0.05, 0) is 5.92 Å². The number of carboxylic acid groups (broad SMARTS) is 1. The first-order valence-electron chi connectivity index (χ1n) is 3.96. The van der Waals surface area contributed by atoms with Crippen LogP contribution in [0.25, 0.3) is 0 Å². The minimum absolute atomic E-state index is 0.133. The Bertz CT molecular complexity index is 425. The summed E-state index contributed by atoms with van der Waals surface area (Å²) in [6.45, 7) is 3.24. The molecule has 1 heterocycles. The lowest BCUT2D eigenvalue weighted by Gasteiger charge is -2.05. The molecule has 1 rings (SSSR count). The molecular formula is C8H9FN2O3. The summed E-state index contributed by atoms with van der Waals surface area (Å²) >= 11 is 0. The number of nitrogens with zero attached hydrogens (tertiary/aromatic N) is 1. The normalized spacial score (nSPS) is 10.6. The van der Waals surface area contributed by atoms with Crippen LogP contribution in [0.2, 0.25) is 0 Å². The van der Waals surface area contributed by atoms with Crippen LogP contribution in [0.1, 0.15) is 36.1 Å². The molecule has 0 atom stereocenters. The predicted octanol–water partition coefficient (Wildman–Crippen LogP) is 0.731. The fourth-order valence-electron chi connectivity index (χ4n) is 0.960. The van der Waals surface area contributed by atoms with Gasteiger partial charge in [-0.2, -0.15) is 4.39 Å². The molecule has 0 amide bonds. The van der Waals surface area contributed by atoms with Crippen LogP contribution in [0.3, 0.4) is 0 Å². The van der Waals surface area contributed by atoms with E-state index in [9.17, 15) is 14.0 Å². The fraction of sp³-hybridized carbons (Fsp3) is 0.375. The number of H-pyrrole nitrogens is 1. The number of aromatic carboxylic acids is 1. The molecule has 0 saturated carbocycles. The lowest BCUT2D eigenvalue weighted by Crippen LogP contribution is -2.22. The Kier molecular flexibility index (Phi) is 2.64. The van der Waals surface area contributed by atoms with Gasteiger partial charge in [-0.25, -0.2) is 9.78 Å². The number of aromatic nitrogens is 2. The number of aromatic amines is 1. The molecule has 0 unspecified atom stereocenters. The van der Waals surface area contributed by atoms with Crippen LogP contribution in [0.5, 0.6) is 0 Å². The Morgan fingerprint density at radius 2 is 2.14 bits per heavy atom. The molecule has 5 nitrogen and oxygen atoms in total. The zero-order chi connectivity index (χ0) is 10.9. The molecule has 14 heavy (non-hydrogen) atoms. The third-order valence-electron chi connectivity index (χ3n) is 1.64. The van der Waals surface area contributed by atoms with Gasteiger partial charge in [0.2, 0.25) is 11.6 Å². The minimum Gasteiger partial charge on any atom is -0.475 e.